The molecule has 0 unspecified atom stereocenters. The van der Waals surface area contributed by atoms with Crippen molar-refractivity contribution in [3.63, 3.8) is 0 Å². The third-order valence-electron chi connectivity index (χ3n) is 9.45. The summed E-state index contributed by atoms with van der Waals surface area (Å²) in [6.07, 6.45) is 1.85. The molecule has 0 aliphatic carbocycles. The minimum atomic E-state index is 0.958. The van der Waals surface area contributed by atoms with Crippen LogP contribution in [-0.4, -0.2) is 9.55 Å². The zero-order valence-corrected chi connectivity index (χ0v) is 27.4. The molecule has 0 aliphatic heterocycles. The van der Waals surface area contributed by atoms with E-state index in [4.69, 9.17) is 0 Å². The molecule has 236 valence electrons. The van der Waals surface area contributed by atoms with Gasteiger partial charge < -0.3 is 9.47 Å². The molecular formula is C47H33N3. The standard InChI is InChI=1S/C47H33N3/c1-3-13-34(14-4-1)36-24-28-39(29-25-36)49(40-30-26-37(27-31-40)35-15-5-2-6-16-35)45-22-12-23-46-47(45)42-19-7-8-21-44(42)50(46)41-18-11-17-38(33-41)43-20-9-10-32-48-43/h1-33H. The fourth-order valence-corrected chi connectivity index (χ4v) is 7.10. The van der Waals surface area contributed by atoms with E-state index in [0.717, 1.165) is 45.0 Å². The van der Waals surface area contributed by atoms with E-state index in [9.17, 15) is 0 Å². The van der Waals surface area contributed by atoms with E-state index < -0.39 is 0 Å². The summed E-state index contributed by atoms with van der Waals surface area (Å²) in [6.45, 7) is 0. The van der Waals surface area contributed by atoms with Gasteiger partial charge in [-0.2, -0.15) is 0 Å². The van der Waals surface area contributed by atoms with Gasteiger partial charge in [-0.25, -0.2) is 0 Å². The van der Waals surface area contributed by atoms with E-state index in [1.165, 1.54) is 33.0 Å². The van der Waals surface area contributed by atoms with E-state index in [1.54, 1.807) is 0 Å². The van der Waals surface area contributed by atoms with Crippen LogP contribution in [0.1, 0.15) is 0 Å². The summed E-state index contributed by atoms with van der Waals surface area (Å²) in [5.41, 5.74) is 13.6. The maximum Gasteiger partial charge on any atom is 0.0702 e. The molecule has 0 fully saturated rings. The maximum atomic E-state index is 4.64. The third kappa shape index (κ3) is 5.32. The van der Waals surface area contributed by atoms with Crippen molar-refractivity contribution < 1.29 is 0 Å². The van der Waals surface area contributed by atoms with Crippen LogP contribution in [-0.2, 0) is 0 Å². The number of rotatable bonds is 7. The molecule has 3 heteroatoms. The van der Waals surface area contributed by atoms with Gasteiger partial charge in [0, 0.05) is 39.6 Å². The summed E-state index contributed by atoms with van der Waals surface area (Å²) in [5, 5.41) is 2.40. The van der Waals surface area contributed by atoms with Crippen LogP contribution in [0.2, 0.25) is 0 Å². The van der Waals surface area contributed by atoms with Crippen molar-refractivity contribution in [1.82, 2.24) is 9.55 Å². The number of benzene rings is 7. The second-order valence-corrected chi connectivity index (χ2v) is 12.5. The molecule has 0 aliphatic rings. The highest BCUT2D eigenvalue weighted by Crippen LogP contribution is 2.44. The fourth-order valence-electron chi connectivity index (χ4n) is 7.10. The fraction of sp³-hybridized carbons (Fsp3) is 0. The molecule has 0 radical (unpaired) electrons. The summed E-state index contributed by atoms with van der Waals surface area (Å²) in [4.78, 5) is 7.03. The lowest BCUT2D eigenvalue weighted by atomic mass is 10.0. The Labute approximate surface area is 292 Å². The highest BCUT2D eigenvalue weighted by Gasteiger charge is 2.21. The summed E-state index contributed by atoms with van der Waals surface area (Å²) >= 11 is 0. The van der Waals surface area contributed by atoms with Crippen LogP contribution in [0.15, 0.2) is 200 Å². The van der Waals surface area contributed by atoms with E-state index in [1.807, 2.05) is 18.3 Å². The second kappa shape index (κ2) is 12.7. The van der Waals surface area contributed by atoms with E-state index in [-0.39, 0.29) is 0 Å². The first-order valence-corrected chi connectivity index (χ1v) is 17.0. The Morgan fingerprint density at radius 3 is 1.58 bits per heavy atom. The lowest BCUT2D eigenvalue weighted by molar-refractivity contribution is 1.18. The van der Waals surface area contributed by atoms with Crippen LogP contribution in [0, 0.1) is 0 Å². The monoisotopic (exact) mass is 639 g/mol. The topological polar surface area (TPSA) is 21.1 Å². The number of anilines is 3. The highest BCUT2D eigenvalue weighted by atomic mass is 15.1. The maximum absolute atomic E-state index is 4.64. The number of hydrogen-bond acceptors (Lipinski definition) is 2. The Kier molecular flexibility index (Phi) is 7.49. The Balaban J connectivity index is 1.25. The largest absolute Gasteiger partial charge is 0.310 e. The molecule has 50 heavy (non-hydrogen) atoms. The number of nitrogens with zero attached hydrogens (tertiary/aromatic N) is 3. The lowest BCUT2D eigenvalue weighted by Crippen LogP contribution is -2.10. The van der Waals surface area contributed by atoms with Gasteiger partial charge in [0.2, 0.25) is 0 Å². The molecule has 3 nitrogen and oxygen atoms in total. The van der Waals surface area contributed by atoms with Crippen molar-refractivity contribution >= 4 is 38.9 Å². The zero-order chi connectivity index (χ0) is 33.3. The van der Waals surface area contributed by atoms with E-state index in [0.29, 0.717) is 0 Å². The van der Waals surface area contributed by atoms with Gasteiger partial charge in [-0.1, -0.05) is 127 Å². The molecule has 0 atom stereocenters. The van der Waals surface area contributed by atoms with Crippen LogP contribution in [0.3, 0.4) is 0 Å². The molecule has 0 bridgehead atoms. The number of fused-ring (bicyclic) bond motifs is 3. The van der Waals surface area contributed by atoms with Crippen LogP contribution in [0.25, 0.3) is 61.0 Å². The molecule has 7 aromatic carbocycles. The van der Waals surface area contributed by atoms with Crippen molar-refractivity contribution in [2.45, 2.75) is 0 Å². The molecule has 0 N–H and O–H groups in total. The van der Waals surface area contributed by atoms with Crippen LogP contribution < -0.4 is 4.90 Å². The highest BCUT2D eigenvalue weighted by molar-refractivity contribution is 6.16. The molecule has 9 rings (SSSR count). The Morgan fingerprint density at radius 1 is 0.400 bits per heavy atom. The summed E-state index contributed by atoms with van der Waals surface area (Å²) < 4.78 is 2.38. The Morgan fingerprint density at radius 2 is 0.940 bits per heavy atom. The molecule has 0 saturated carbocycles. The molecule has 2 heterocycles. The second-order valence-electron chi connectivity index (χ2n) is 12.5. The minimum Gasteiger partial charge on any atom is -0.310 e. The van der Waals surface area contributed by atoms with Crippen molar-refractivity contribution in [3.05, 3.63) is 200 Å². The van der Waals surface area contributed by atoms with Gasteiger partial charge in [0.05, 0.1) is 22.4 Å². The van der Waals surface area contributed by atoms with Gasteiger partial charge in [-0.05, 0) is 89.0 Å². The first-order valence-electron chi connectivity index (χ1n) is 17.0. The molecular weight excluding hydrogens is 607 g/mol. The summed E-state index contributed by atoms with van der Waals surface area (Å²) in [5.74, 6) is 0. The average molecular weight is 640 g/mol. The molecule has 2 aromatic heterocycles. The van der Waals surface area contributed by atoms with Crippen molar-refractivity contribution in [1.29, 1.82) is 0 Å². The Hall–Kier alpha value is -6.71. The van der Waals surface area contributed by atoms with Crippen molar-refractivity contribution in [3.8, 4) is 39.2 Å². The first kappa shape index (κ1) is 29.4. The summed E-state index contributed by atoms with van der Waals surface area (Å²) in [7, 11) is 0. The lowest BCUT2D eigenvalue weighted by Gasteiger charge is -2.27. The number of para-hydroxylation sites is 1. The predicted octanol–water partition coefficient (Wildman–Crippen LogP) is 12.6. The molecule has 0 saturated heterocycles. The minimum absolute atomic E-state index is 0.958. The van der Waals surface area contributed by atoms with Gasteiger partial charge in [-0.15, -0.1) is 0 Å². The number of aromatic nitrogens is 2. The van der Waals surface area contributed by atoms with Gasteiger partial charge in [0.1, 0.15) is 0 Å². The van der Waals surface area contributed by atoms with Gasteiger partial charge >= 0.3 is 0 Å². The smallest absolute Gasteiger partial charge is 0.0702 e. The number of pyridine rings is 1. The Bertz CT molecular complexity index is 2470. The first-order chi connectivity index (χ1) is 24.8. The predicted molar refractivity (Wildman–Crippen MR) is 210 cm³/mol. The molecule has 9 aromatic rings. The SMILES string of the molecule is c1ccc(-c2ccc(N(c3ccc(-c4ccccc4)cc3)c3cccc4c3c3ccccc3n4-c3cccc(-c4ccccn4)c3)cc2)cc1. The zero-order valence-electron chi connectivity index (χ0n) is 27.4. The molecule has 0 spiro atoms. The van der Waals surface area contributed by atoms with Crippen LogP contribution in [0.4, 0.5) is 17.1 Å². The van der Waals surface area contributed by atoms with Crippen molar-refractivity contribution in [2.75, 3.05) is 4.90 Å². The van der Waals surface area contributed by atoms with Gasteiger partial charge in [0.15, 0.2) is 0 Å². The normalized spacial score (nSPS) is 11.2. The van der Waals surface area contributed by atoms with Gasteiger partial charge in [-0.3, -0.25) is 4.98 Å². The quantitative estimate of drug-likeness (QED) is 0.173. The van der Waals surface area contributed by atoms with Crippen LogP contribution in [0.5, 0.6) is 0 Å². The van der Waals surface area contributed by atoms with E-state index in [2.05, 4.69) is 196 Å². The van der Waals surface area contributed by atoms with E-state index >= 15 is 0 Å². The van der Waals surface area contributed by atoms with Gasteiger partial charge in [0.25, 0.3) is 0 Å². The number of hydrogen-bond donors (Lipinski definition) is 0. The summed E-state index contributed by atoms with van der Waals surface area (Å²) in [6, 6.07) is 69.1. The van der Waals surface area contributed by atoms with Crippen LogP contribution >= 0.6 is 0 Å². The third-order valence-corrected chi connectivity index (χ3v) is 9.45. The average Bonchev–Trinajstić information content (AvgIpc) is 3.55. The van der Waals surface area contributed by atoms with Crippen molar-refractivity contribution in [2.24, 2.45) is 0 Å². The molecule has 0 amide bonds.